The first kappa shape index (κ1) is 17.3. The molecule has 2 unspecified atom stereocenters. The number of nitrogens with zero attached hydrogens (tertiary/aromatic N) is 2. The van der Waals surface area contributed by atoms with Gasteiger partial charge in [0.25, 0.3) is 5.91 Å². The Hall–Kier alpha value is -2.14. The third-order valence-electron chi connectivity index (χ3n) is 5.95. The molecule has 1 fully saturated rings. The zero-order chi connectivity index (χ0) is 18.1. The van der Waals surface area contributed by atoms with Crippen LogP contribution in [0.1, 0.15) is 59.4 Å². The standard InChI is InChI=1S/C21H28N4O/c1-14-9-11-16(12-10-14)25-19-8-3-2-6-17(19)20(24-25)21(26)23-18-7-4-5-15(18)13-22/h9-12,15,18H,2-8,13,22H2,1H3,(H,23,26). The largest absolute Gasteiger partial charge is 0.348 e. The number of rotatable bonds is 4. The number of nitrogens with two attached hydrogens (primary N) is 1. The lowest BCUT2D eigenvalue weighted by Gasteiger charge is -2.19. The SMILES string of the molecule is Cc1ccc(-n2nc(C(=O)NC3CCCC3CN)c3c2CCCC3)cc1. The molecule has 138 valence electrons. The Bertz CT molecular complexity index is 793. The number of benzene rings is 1. The van der Waals surface area contributed by atoms with E-state index < -0.39 is 0 Å². The number of hydrogen-bond donors (Lipinski definition) is 2. The molecule has 26 heavy (non-hydrogen) atoms. The fourth-order valence-electron chi connectivity index (χ4n) is 4.43. The van der Waals surface area contributed by atoms with E-state index in [2.05, 4.69) is 36.5 Å². The van der Waals surface area contributed by atoms with Gasteiger partial charge in [-0.25, -0.2) is 4.68 Å². The summed E-state index contributed by atoms with van der Waals surface area (Å²) in [7, 11) is 0. The number of amides is 1. The molecule has 4 rings (SSSR count). The molecule has 1 amide bonds. The van der Waals surface area contributed by atoms with Gasteiger partial charge < -0.3 is 11.1 Å². The van der Waals surface area contributed by atoms with Crippen LogP contribution in [-0.4, -0.2) is 28.3 Å². The van der Waals surface area contributed by atoms with E-state index in [-0.39, 0.29) is 11.9 Å². The minimum Gasteiger partial charge on any atom is -0.348 e. The van der Waals surface area contributed by atoms with Crippen LogP contribution in [0.3, 0.4) is 0 Å². The zero-order valence-corrected chi connectivity index (χ0v) is 15.5. The van der Waals surface area contributed by atoms with Crippen LogP contribution in [-0.2, 0) is 12.8 Å². The third-order valence-corrected chi connectivity index (χ3v) is 5.95. The lowest BCUT2D eigenvalue weighted by Crippen LogP contribution is -2.40. The minimum atomic E-state index is -0.0284. The van der Waals surface area contributed by atoms with Crippen molar-refractivity contribution in [2.45, 2.75) is 57.9 Å². The van der Waals surface area contributed by atoms with Crippen molar-refractivity contribution in [1.82, 2.24) is 15.1 Å². The summed E-state index contributed by atoms with van der Waals surface area (Å²) in [6.07, 6.45) is 7.48. The van der Waals surface area contributed by atoms with Gasteiger partial charge in [-0.05, 0) is 70.0 Å². The van der Waals surface area contributed by atoms with Crippen molar-refractivity contribution in [1.29, 1.82) is 0 Å². The molecule has 0 bridgehead atoms. The third kappa shape index (κ3) is 3.16. The van der Waals surface area contributed by atoms with Gasteiger partial charge in [0.2, 0.25) is 0 Å². The van der Waals surface area contributed by atoms with E-state index >= 15 is 0 Å². The number of aryl methyl sites for hydroxylation is 1. The van der Waals surface area contributed by atoms with Crippen molar-refractivity contribution in [2.75, 3.05) is 6.54 Å². The average Bonchev–Trinajstić information content (AvgIpc) is 3.26. The molecule has 2 aliphatic rings. The fourth-order valence-corrected chi connectivity index (χ4v) is 4.43. The van der Waals surface area contributed by atoms with E-state index in [1.807, 2.05) is 4.68 Å². The summed E-state index contributed by atoms with van der Waals surface area (Å²) < 4.78 is 1.98. The Kier molecular flexibility index (Phi) is 4.81. The lowest BCUT2D eigenvalue weighted by molar-refractivity contribution is 0.0922. The molecule has 0 aliphatic heterocycles. The smallest absolute Gasteiger partial charge is 0.272 e. The summed E-state index contributed by atoms with van der Waals surface area (Å²) in [5.74, 6) is 0.369. The van der Waals surface area contributed by atoms with Gasteiger partial charge in [-0.2, -0.15) is 5.10 Å². The number of fused-ring (bicyclic) bond motifs is 1. The molecule has 0 saturated heterocycles. The molecule has 0 spiro atoms. The van der Waals surface area contributed by atoms with Crippen LogP contribution in [0.25, 0.3) is 5.69 Å². The summed E-state index contributed by atoms with van der Waals surface area (Å²) >= 11 is 0. The van der Waals surface area contributed by atoms with Gasteiger partial charge in [0.15, 0.2) is 5.69 Å². The Labute approximate surface area is 155 Å². The highest BCUT2D eigenvalue weighted by Crippen LogP contribution is 2.29. The van der Waals surface area contributed by atoms with Crippen LogP contribution in [0.15, 0.2) is 24.3 Å². The zero-order valence-electron chi connectivity index (χ0n) is 15.5. The van der Waals surface area contributed by atoms with E-state index in [9.17, 15) is 4.79 Å². The lowest BCUT2D eigenvalue weighted by atomic mass is 9.95. The second-order valence-corrected chi connectivity index (χ2v) is 7.73. The Morgan fingerprint density at radius 1 is 1.19 bits per heavy atom. The molecule has 1 saturated carbocycles. The minimum absolute atomic E-state index is 0.0284. The van der Waals surface area contributed by atoms with Crippen LogP contribution >= 0.6 is 0 Å². The normalized spacial score (nSPS) is 22.2. The Morgan fingerprint density at radius 3 is 2.73 bits per heavy atom. The maximum absolute atomic E-state index is 13.0. The van der Waals surface area contributed by atoms with Crippen molar-refractivity contribution in [2.24, 2.45) is 11.7 Å². The second kappa shape index (κ2) is 7.23. The maximum atomic E-state index is 13.0. The van der Waals surface area contributed by atoms with Crippen molar-refractivity contribution in [3.05, 3.63) is 46.8 Å². The van der Waals surface area contributed by atoms with Gasteiger partial charge in [-0.15, -0.1) is 0 Å². The molecule has 5 nitrogen and oxygen atoms in total. The predicted molar refractivity (Wildman–Crippen MR) is 103 cm³/mol. The highest BCUT2D eigenvalue weighted by atomic mass is 16.2. The van der Waals surface area contributed by atoms with Crippen LogP contribution in [0.4, 0.5) is 0 Å². The molecule has 2 aromatic rings. The average molecular weight is 352 g/mol. The number of carbonyl (C=O) groups excluding carboxylic acids is 1. The number of nitrogens with one attached hydrogen (secondary N) is 1. The van der Waals surface area contributed by atoms with Crippen molar-refractivity contribution < 1.29 is 4.79 Å². The van der Waals surface area contributed by atoms with Gasteiger partial charge in [-0.1, -0.05) is 24.1 Å². The summed E-state index contributed by atoms with van der Waals surface area (Å²) in [5, 5.41) is 7.98. The van der Waals surface area contributed by atoms with Crippen molar-refractivity contribution >= 4 is 5.91 Å². The highest BCUT2D eigenvalue weighted by Gasteiger charge is 2.31. The summed E-state index contributed by atoms with van der Waals surface area (Å²) in [4.78, 5) is 13.0. The van der Waals surface area contributed by atoms with Crippen molar-refractivity contribution in [3.63, 3.8) is 0 Å². The van der Waals surface area contributed by atoms with Crippen LogP contribution in [0.5, 0.6) is 0 Å². The van der Waals surface area contributed by atoms with E-state index in [0.717, 1.165) is 56.2 Å². The fraction of sp³-hybridized carbons (Fsp3) is 0.524. The Balaban J connectivity index is 1.65. The van der Waals surface area contributed by atoms with E-state index in [4.69, 9.17) is 10.8 Å². The second-order valence-electron chi connectivity index (χ2n) is 7.73. The first-order valence-corrected chi connectivity index (χ1v) is 9.86. The van der Waals surface area contributed by atoms with E-state index in [1.165, 1.54) is 11.3 Å². The van der Waals surface area contributed by atoms with E-state index in [1.54, 1.807) is 0 Å². The summed E-state index contributed by atoms with van der Waals surface area (Å²) in [6.45, 7) is 2.72. The first-order chi connectivity index (χ1) is 12.7. The predicted octanol–water partition coefficient (Wildman–Crippen LogP) is 2.92. The molecule has 2 atom stereocenters. The van der Waals surface area contributed by atoms with E-state index in [0.29, 0.717) is 18.2 Å². The van der Waals surface area contributed by atoms with Gasteiger partial charge in [0, 0.05) is 17.3 Å². The molecule has 1 aromatic carbocycles. The van der Waals surface area contributed by atoms with Crippen molar-refractivity contribution in [3.8, 4) is 5.69 Å². The van der Waals surface area contributed by atoms with Crippen LogP contribution < -0.4 is 11.1 Å². The summed E-state index contributed by atoms with van der Waals surface area (Å²) in [6, 6.07) is 8.55. The summed E-state index contributed by atoms with van der Waals surface area (Å²) in [5.41, 5.74) is 11.1. The molecule has 3 N–H and O–H groups in total. The highest BCUT2D eigenvalue weighted by molar-refractivity contribution is 5.94. The first-order valence-electron chi connectivity index (χ1n) is 9.86. The molecular weight excluding hydrogens is 324 g/mol. The van der Waals surface area contributed by atoms with Crippen LogP contribution in [0, 0.1) is 12.8 Å². The molecule has 5 heteroatoms. The van der Waals surface area contributed by atoms with Gasteiger partial charge >= 0.3 is 0 Å². The van der Waals surface area contributed by atoms with Gasteiger partial charge in [0.05, 0.1) is 5.69 Å². The molecule has 1 heterocycles. The molecular formula is C21H28N4O. The topological polar surface area (TPSA) is 72.9 Å². The molecule has 0 radical (unpaired) electrons. The maximum Gasteiger partial charge on any atom is 0.272 e. The monoisotopic (exact) mass is 352 g/mol. The van der Waals surface area contributed by atoms with Gasteiger partial charge in [0.1, 0.15) is 0 Å². The number of carbonyl (C=O) groups is 1. The molecule has 1 aromatic heterocycles. The quantitative estimate of drug-likeness (QED) is 0.888. The van der Waals surface area contributed by atoms with Gasteiger partial charge in [-0.3, -0.25) is 4.79 Å². The molecule has 2 aliphatic carbocycles. The number of hydrogen-bond acceptors (Lipinski definition) is 3. The number of aromatic nitrogens is 2. The van der Waals surface area contributed by atoms with Crippen LogP contribution in [0.2, 0.25) is 0 Å². The Morgan fingerprint density at radius 2 is 1.96 bits per heavy atom.